The summed E-state index contributed by atoms with van der Waals surface area (Å²) in [6.45, 7) is 1.94. The number of nitrogens with zero attached hydrogens (tertiary/aromatic N) is 2. The van der Waals surface area contributed by atoms with E-state index in [2.05, 4.69) is 22.8 Å². The first-order chi connectivity index (χ1) is 17.0. The Morgan fingerprint density at radius 3 is 2.64 bits per heavy atom. The zero-order valence-electron chi connectivity index (χ0n) is 20.3. The van der Waals surface area contributed by atoms with E-state index >= 15 is 0 Å². The quantitative estimate of drug-likeness (QED) is 0.493. The molecule has 0 saturated heterocycles. The maximum Gasteiger partial charge on any atom is 0.209 e. The van der Waals surface area contributed by atoms with Crippen molar-refractivity contribution in [2.24, 2.45) is 5.41 Å². The van der Waals surface area contributed by atoms with Gasteiger partial charge in [-0.3, -0.25) is 0 Å². The van der Waals surface area contributed by atoms with Gasteiger partial charge in [0.2, 0.25) is 10.0 Å². The zero-order valence-corrected chi connectivity index (χ0v) is 21.1. The van der Waals surface area contributed by atoms with E-state index < -0.39 is 26.9 Å². The first-order valence-electron chi connectivity index (χ1n) is 12.0. The van der Waals surface area contributed by atoms with Gasteiger partial charge in [-0.05, 0) is 79.6 Å². The highest BCUT2D eigenvalue weighted by molar-refractivity contribution is 7.88. The summed E-state index contributed by atoms with van der Waals surface area (Å²) < 4.78 is 55.2. The summed E-state index contributed by atoms with van der Waals surface area (Å²) in [4.78, 5) is 0. The Kier molecular flexibility index (Phi) is 6.13. The predicted octanol–water partition coefficient (Wildman–Crippen LogP) is 4.30. The molecule has 2 aliphatic rings. The van der Waals surface area contributed by atoms with Gasteiger partial charge in [0.15, 0.2) is 0 Å². The second-order valence-corrected chi connectivity index (χ2v) is 12.0. The fraction of sp³-hybridized carbons (Fsp3) is 0.370. The average Bonchev–Trinajstić information content (AvgIpc) is 3.33. The molecule has 1 aromatic heterocycles. The number of benzene rings is 2. The molecule has 36 heavy (non-hydrogen) atoms. The third kappa shape index (κ3) is 4.40. The molecule has 1 saturated carbocycles. The van der Waals surface area contributed by atoms with Crippen LogP contribution in [0.25, 0.3) is 11.8 Å². The van der Waals surface area contributed by atoms with Gasteiger partial charge < -0.3 is 5.11 Å². The summed E-state index contributed by atoms with van der Waals surface area (Å²) in [5.74, 6) is -0.774. The number of fused-ring (bicyclic) bond motifs is 2. The number of halogens is 2. The van der Waals surface area contributed by atoms with Crippen LogP contribution in [0, 0.1) is 17.0 Å². The fourth-order valence-corrected chi connectivity index (χ4v) is 6.11. The summed E-state index contributed by atoms with van der Waals surface area (Å²) in [7, 11) is -3.47. The van der Waals surface area contributed by atoms with Crippen LogP contribution in [0.2, 0.25) is 0 Å². The molecule has 0 unspecified atom stereocenters. The first kappa shape index (κ1) is 24.8. The third-order valence-corrected chi connectivity index (χ3v) is 8.56. The molecule has 0 bridgehead atoms. The monoisotopic (exact) mass is 513 g/mol. The molecule has 5 rings (SSSR count). The van der Waals surface area contributed by atoms with Crippen LogP contribution in [0.15, 0.2) is 54.2 Å². The van der Waals surface area contributed by atoms with Crippen molar-refractivity contribution in [3.05, 3.63) is 88.3 Å². The minimum Gasteiger partial charge on any atom is -0.389 e. The molecule has 0 amide bonds. The van der Waals surface area contributed by atoms with Crippen LogP contribution in [-0.2, 0) is 29.4 Å². The molecule has 1 heterocycles. The van der Waals surface area contributed by atoms with E-state index in [4.69, 9.17) is 0 Å². The van der Waals surface area contributed by atoms with Crippen LogP contribution in [-0.4, -0.2) is 35.2 Å². The largest absolute Gasteiger partial charge is 0.389 e. The van der Waals surface area contributed by atoms with Crippen molar-refractivity contribution in [1.82, 2.24) is 14.5 Å². The number of aliphatic hydroxyl groups is 1. The van der Waals surface area contributed by atoms with Crippen molar-refractivity contribution in [1.29, 1.82) is 0 Å². The number of hydrogen-bond donors (Lipinski definition) is 2. The highest BCUT2D eigenvalue weighted by Crippen LogP contribution is 2.56. The van der Waals surface area contributed by atoms with Gasteiger partial charge in [-0.1, -0.05) is 24.6 Å². The van der Waals surface area contributed by atoms with Gasteiger partial charge in [0, 0.05) is 17.5 Å². The number of rotatable bonds is 7. The number of nitrogens with one attached hydrogen (secondary N) is 1. The first-order valence-corrected chi connectivity index (χ1v) is 13.9. The van der Waals surface area contributed by atoms with E-state index in [0.29, 0.717) is 36.8 Å². The molecule has 6 nitrogen and oxygen atoms in total. The highest BCUT2D eigenvalue weighted by atomic mass is 32.2. The van der Waals surface area contributed by atoms with Crippen molar-refractivity contribution >= 4 is 16.1 Å². The standard InChI is InChI=1S/C27H29F2N3O3S/c1-26-15-19-16-30-32(22-8-6-21(28)7-9-22)25(19)14-20(26)11-13-27(26,33)12-10-18-4-3-5-24(29)23(18)17-31-36(2,34)35/h3-9,14,16,31,33H,10-13,15,17H2,1-2H3/t26-,27-/m0/s1. The Balaban J connectivity index is 1.39. The van der Waals surface area contributed by atoms with Gasteiger partial charge in [-0.2, -0.15) is 5.10 Å². The summed E-state index contributed by atoms with van der Waals surface area (Å²) in [5, 5.41) is 16.4. The fourth-order valence-electron chi connectivity index (χ4n) is 5.70. The van der Waals surface area contributed by atoms with Gasteiger partial charge in [-0.15, -0.1) is 0 Å². The Morgan fingerprint density at radius 2 is 1.92 bits per heavy atom. The highest BCUT2D eigenvalue weighted by Gasteiger charge is 2.54. The van der Waals surface area contributed by atoms with Crippen molar-refractivity contribution in [3.63, 3.8) is 0 Å². The van der Waals surface area contributed by atoms with Crippen molar-refractivity contribution in [2.75, 3.05) is 6.26 Å². The van der Waals surface area contributed by atoms with Gasteiger partial charge >= 0.3 is 0 Å². The minimum absolute atomic E-state index is 0.131. The SMILES string of the molecule is C[C@]12Cc3cnn(-c4ccc(F)cc4)c3C=C1CC[C@@]2(O)CCc1cccc(F)c1CNS(C)(=O)=O. The Labute approximate surface area is 209 Å². The van der Waals surface area contributed by atoms with Crippen molar-refractivity contribution in [3.8, 4) is 5.69 Å². The normalized spacial score (nSPS) is 23.3. The molecule has 0 aliphatic heterocycles. The van der Waals surface area contributed by atoms with Crippen molar-refractivity contribution < 1.29 is 22.3 Å². The summed E-state index contributed by atoms with van der Waals surface area (Å²) in [6, 6.07) is 10.9. The zero-order chi connectivity index (χ0) is 25.7. The molecule has 3 aromatic rings. The maximum absolute atomic E-state index is 14.6. The minimum atomic E-state index is -3.47. The molecule has 1 fully saturated rings. The predicted molar refractivity (Wildman–Crippen MR) is 134 cm³/mol. The van der Waals surface area contributed by atoms with Crippen LogP contribution in [0.1, 0.15) is 48.6 Å². The van der Waals surface area contributed by atoms with E-state index in [0.717, 1.165) is 35.2 Å². The molecule has 2 N–H and O–H groups in total. The summed E-state index contributed by atoms with van der Waals surface area (Å²) in [5.41, 5.74) is 3.33. The second kappa shape index (κ2) is 8.90. The van der Waals surface area contributed by atoms with Crippen molar-refractivity contribution in [2.45, 2.75) is 51.2 Å². The van der Waals surface area contributed by atoms with E-state index in [1.54, 1.807) is 35.1 Å². The van der Waals surface area contributed by atoms with E-state index in [1.807, 2.05) is 0 Å². The van der Waals surface area contributed by atoms with Gasteiger partial charge in [0.05, 0.1) is 29.4 Å². The van der Waals surface area contributed by atoms with E-state index in [-0.39, 0.29) is 12.4 Å². The van der Waals surface area contributed by atoms with Gasteiger partial charge in [-0.25, -0.2) is 26.6 Å². The van der Waals surface area contributed by atoms with E-state index in [1.165, 1.54) is 18.2 Å². The Bertz CT molecular complexity index is 1450. The van der Waals surface area contributed by atoms with E-state index in [9.17, 15) is 22.3 Å². The number of aromatic nitrogens is 2. The lowest BCUT2D eigenvalue weighted by Gasteiger charge is -2.42. The Hall–Kier alpha value is -2.88. The third-order valence-electron chi connectivity index (χ3n) is 7.89. The number of hydrogen-bond acceptors (Lipinski definition) is 4. The molecule has 0 spiro atoms. The van der Waals surface area contributed by atoms with Crippen LogP contribution in [0.3, 0.4) is 0 Å². The molecule has 2 atom stereocenters. The molecule has 0 radical (unpaired) electrons. The van der Waals surface area contributed by atoms with Crippen LogP contribution < -0.4 is 4.72 Å². The van der Waals surface area contributed by atoms with Gasteiger partial charge in [0.1, 0.15) is 11.6 Å². The lowest BCUT2D eigenvalue weighted by atomic mass is 9.65. The summed E-state index contributed by atoms with van der Waals surface area (Å²) >= 11 is 0. The molecular weight excluding hydrogens is 484 g/mol. The Morgan fingerprint density at radius 1 is 1.17 bits per heavy atom. The number of sulfonamides is 1. The lowest BCUT2D eigenvalue weighted by molar-refractivity contribution is -0.0462. The molecular formula is C27H29F2N3O3S. The second-order valence-electron chi connectivity index (χ2n) is 10.1. The smallest absolute Gasteiger partial charge is 0.209 e. The number of aryl methyl sites for hydroxylation is 1. The molecule has 2 aliphatic carbocycles. The van der Waals surface area contributed by atoms with Crippen LogP contribution in [0.5, 0.6) is 0 Å². The topological polar surface area (TPSA) is 84.2 Å². The van der Waals surface area contributed by atoms with Crippen LogP contribution in [0.4, 0.5) is 8.78 Å². The molecule has 190 valence electrons. The molecule has 9 heteroatoms. The molecule has 2 aromatic carbocycles. The lowest BCUT2D eigenvalue weighted by Crippen LogP contribution is -2.45. The van der Waals surface area contributed by atoms with Crippen LogP contribution >= 0.6 is 0 Å². The average molecular weight is 514 g/mol. The van der Waals surface area contributed by atoms with Gasteiger partial charge in [0.25, 0.3) is 0 Å². The summed E-state index contributed by atoms with van der Waals surface area (Å²) in [6.07, 6.45) is 7.69. The maximum atomic E-state index is 14.6.